The van der Waals surface area contributed by atoms with Gasteiger partial charge in [0.05, 0.1) is 4.92 Å². The summed E-state index contributed by atoms with van der Waals surface area (Å²) in [5.41, 5.74) is 0.819. The van der Waals surface area contributed by atoms with E-state index in [1.54, 1.807) is 32.9 Å². The van der Waals surface area contributed by atoms with Gasteiger partial charge in [-0.1, -0.05) is 6.07 Å². The van der Waals surface area contributed by atoms with Crippen LogP contribution in [0.25, 0.3) is 0 Å². The summed E-state index contributed by atoms with van der Waals surface area (Å²) >= 11 is 0. The Morgan fingerprint density at radius 3 is 2.57 bits per heavy atom. The summed E-state index contributed by atoms with van der Waals surface area (Å²) in [5, 5.41) is 16.4. The number of nitro benzene ring substituents is 1. The van der Waals surface area contributed by atoms with Crippen molar-refractivity contribution in [2.75, 3.05) is 18.4 Å². The van der Waals surface area contributed by atoms with Crippen molar-refractivity contribution in [2.24, 2.45) is 0 Å². The van der Waals surface area contributed by atoms with Gasteiger partial charge in [0.1, 0.15) is 11.3 Å². The molecule has 0 saturated heterocycles. The van der Waals surface area contributed by atoms with Crippen molar-refractivity contribution in [1.82, 2.24) is 5.32 Å². The molecule has 0 aliphatic rings. The van der Waals surface area contributed by atoms with Gasteiger partial charge in [0.15, 0.2) is 0 Å². The van der Waals surface area contributed by atoms with Crippen molar-refractivity contribution < 1.29 is 14.5 Å². The average Bonchev–Trinajstić information content (AvgIpc) is 2.32. The summed E-state index contributed by atoms with van der Waals surface area (Å²) < 4.78 is 5.09. The first-order valence-corrected chi connectivity index (χ1v) is 6.65. The van der Waals surface area contributed by atoms with Crippen LogP contribution in [0.15, 0.2) is 18.2 Å². The highest BCUT2D eigenvalue weighted by Gasteiger charge is 2.16. The standard InChI is InChI=1S/C14H21N3O4/c1-10-5-6-12(17(19)20)11(9-10)15-7-8-16-13(18)21-14(2,3)4/h5-6,9,15H,7-8H2,1-4H3,(H,16,18). The van der Waals surface area contributed by atoms with Crippen molar-refractivity contribution >= 4 is 17.5 Å². The predicted molar refractivity (Wildman–Crippen MR) is 80.6 cm³/mol. The first-order valence-electron chi connectivity index (χ1n) is 6.65. The molecule has 1 rings (SSSR count). The maximum atomic E-state index is 11.4. The Bertz CT molecular complexity index is 523. The number of ether oxygens (including phenoxy) is 1. The van der Waals surface area contributed by atoms with Crippen molar-refractivity contribution in [1.29, 1.82) is 0 Å². The van der Waals surface area contributed by atoms with Crippen molar-refractivity contribution in [3.8, 4) is 0 Å². The highest BCUT2D eigenvalue weighted by Crippen LogP contribution is 2.24. The smallest absolute Gasteiger partial charge is 0.407 e. The van der Waals surface area contributed by atoms with Gasteiger partial charge in [0.2, 0.25) is 0 Å². The zero-order valence-corrected chi connectivity index (χ0v) is 12.7. The molecule has 21 heavy (non-hydrogen) atoms. The molecule has 1 amide bonds. The maximum absolute atomic E-state index is 11.4. The Balaban J connectivity index is 2.48. The summed E-state index contributed by atoms with van der Waals surface area (Å²) in [6.45, 7) is 7.86. The molecule has 0 aliphatic heterocycles. The highest BCUT2D eigenvalue weighted by atomic mass is 16.6. The van der Waals surface area contributed by atoms with Gasteiger partial charge in [-0.05, 0) is 39.3 Å². The second-order valence-corrected chi connectivity index (χ2v) is 5.63. The first-order chi connectivity index (χ1) is 9.69. The molecule has 0 heterocycles. The second-order valence-electron chi connectivity index (χ2n) is 5.63. The Morgan fingerprint density at radius 2 is 2.00 bits per heavy atom. The Morgan fingerprint density at radius 1 is 1.33 bits per heavy atom. The van der Waals surface area contributed by atoms with Crippen molar-refractivity contribution in [2.45, 2.75) is 33.3 Å². The van der Waals surface area contributed by atoms with Crippen molar-refractivity contribution in [3.05, 3.63) is 33.9 Å². The lowest BCUT2D eigenvalue weighted by Gasteiger charge is -2.19. The Labute approximate surface area is 123 Å². The molecule has 0 fully saturated rings. The molecule has 0 radical (unpaired) electrons. The van der Waals surface area contributed by atoms with Gasteiger partial charge in [0, 0.05) is 19.2 Å². The number of hydrogen-bond acceptors (Lipinski definition) is 5. The van der Waals surface area contributed by atoms with Gasteiger partial charge in [-0.3, -0.25) is 10.1 Å². The minimum Gasteiger partial charge on any atom is -0.444 e. The lowest BCUT2D eigenvalue weighted by atomic mass is 10.2. The second kappa shape index (κ2) is 6.92. The van der Waals surface area contributed by atoms with Crippen LogP contribution in [0.1, 0.15) is 26.3 Å². The molecule has 1 aromatic carbocycles. The molecule has 0 spiro atoms. The largest absolute Gasteiger partial charge is 0.444 e. The normalized spacial score (nSPS) is 10.9. The third-order valence-electron chi connectivity index (χ3n) is 2.46. The van der Waals surface area contributed by atoms with Crippen LogP contribution in [0.3, 0.4) is 0 Å². The van der Waals surface area contributed by atoms with E-state index in [-0.39, 0.29) is 5.69 Å². The number of nitrogens with one attached hydrogen (secondary N) is 2. The molecule has 1 aromatic rings. The minimum atomic E-state index is -0.549. The van der Waals surface area contributed by atoms with E-state index in [1.807, 2.05) is 6.92 Å². The Hall–Kier alpha value is -2.31. The fourth-order valence-electron chi connectivity index (χ4n) is 1.63. The predicted octanol–water partition coefficient (Wildman–Crippen LogP) is 2.84. The molecule has 0 atom stereocenters. The van der Waals surface area contributed by atoms with Crippen LogP contribution >= 0.6 is 0 Å². The van der Waals surface area contributed by atoms with Crippen LogP contribution in [0.4, 0.5) is 16.2 Å². The quantitative estimate of drug-likeness (QED) is 0.495. The number of alkyl carbamates (subject to hydrolysis) is 1. The zero-order chi connectivity index (χ0) is 16.0. The summed E-state index contributed by atoms with van der Waals surface area (Å²) in [7, 11) is 0. The maximum Gasteiger partial charge on any atom is 0.407 e. The summed E-state index contributed by atoms with van der Waals surface area (Å²) in [6, 6.07) is 4.84. The summed E-state index contributed by atoms with van der Waals surface area (Å²) in [5.74, 6) is 0. The molecule has 0 unspecified atom stereocenters. The monoisotopic (exact) mass is 295 g/mol. The summed E-state index contributed by atoms with van der Waals surface area (Å²) in [4.78, 5) is 21.9. The van der Waals surface area contributed by atoms with Gasteiger partial charge in [-0.25, -0.2) is 4.79 Å². The fraction of sp³-hybridized carbons (Fsp3) is 0.500. The molecule has 2 N–H and O–H groups in total. The van der Waals surface area contributed by atoms with Crippen LogP contribution in [-0.2, 0) is 4.74 Å². The van der Waals surface area contributed by atoms with E-state index >= 15 is 0 Å². The van der Waals surface area contributed by atoms with E-state index in [4.69, 9.17) is 4.74 Å². The number of hydrogen-bond donors (Lipinski definition) is 2. The van der Waals surface area contributed by atoms with Gasteiger partial charge < -0.3 is 15.4 Å². The summed E-state index contributed by atoms with van der Waals surface area (Å²) in [6.07, 6.45) is -0.511. The first kappa shape index (κ1) is 16.7. The average molecular weight is 295 g/mol. The molecule has 116 valence electrons. The SMILES string of the molecule is Cc1ccc([N+](=O)[O-])c(NCCNC(=O)OC(C)(C)C)c1. The number of benzene rings is 1. The molecular formula is C14H21N3O4. The van der Waals surface area contributed by atoms with Gasteiger partial charge in [-0.15, -0.1) is 0 Å². The van der Waals surface area contributed by atoms with E-state index in [2.05, 4.69) is 10.6 Å². The molecule has 0 aromatic heterocycles. The molecule has 0 saturated carbocycles. The van der Waals surface area contributed by atoms with Gasteiger partial charge in [-0.2, -0.15) is 0 Å². The lowest BCUT2D eigenvalue weighted by molar-refractivity contribution is -0.384. The molecule has 7 nitrogen and oxygen atoms in total. The van der Waals surface area contributed by atoms with Crippen LogP contribution in [0, 0.1) is 17.0 Å². The molecule has 0 aliphatic carbocycles. The number of nitrogens with zero attached hydrogens (tertiary/aromatic N) is 1. The third kappa shape index (κ3) is 6.11. The fourth-order valence-corrected chi connectivity index (χ4v) is 1.63. The number of nitro groups is 1. The lowest BCUT2D eigenvalue weighted by Crippen LogP contribution is -2.35. The van der Waals surface area contributed by atoms with Crippen LogP contribution in [0.2, 0.25) is 0 Å². The van der Waals surface area contributed by atoms with Gasteiger partial charge >= 0.3 is 6.09 Å². The molecule has 7 heteroatoms. The number of carbonyl (C=O) groups is 1. The van der Waals surface area contributed by atoms with E-state index in [0.29, 0.717) is 18.8 Å². The topological polar surface area (TPSA) is 93.5 Å². The minimum absolute atomic E-state index is 0.0119. The van der Waals surface area contributed by atoms with Crippen molar-refractivity contribution in [3.63, 3.8) is 0 Å². The van der Waals surface area contributed by atoms with Crippen LogP contribution in [-0.4, -0.2) is 29.7 Å². The molecular weight excluding hydrogens is 274 g/mol. The number of carbonyl (C=O) groups excluding carboxylic acids is 1. The number of amides is 1. The number of aryl methyl sites for hydroxylation is 1. The zero-order valence-electron chi connectivity index (χ0n) is 12.7. The van der Waals surface area contributed by atoms with E-state index in [9.17, 15) is 14.9 Å². The number of anilines is 1. The Kier molecular flexibility index (Phi) is 5.52. The van der Waals surface area contributed by atoms with E-state index in [1.165, 1.54) is 6.07 Å². The van der Waals surface area contributed by atoms with Crippen LogP contribution < -0.4 is 10.6 Å². The molecule has 0 bridgehead atoms. The van der Waals surface area contributed by atoms with E-state index in [0.717, 1.165) is 5.56 Å². The van der Waals surface area contributed by atoms with Gasteiger partial charge in [0.25, 0.3) is 5.69 Å². The third-order valence-corrected chi connectivity index (χ3v) is 2.46. The highest BCUT2D eigenvalue weighted by molar-refractivity contribution is 5.68. The van der Waals surface area contributed by atoms with E-state index < -0.39 is 16.6 Å². The number of rotatable bonds is 5. The van der Waals surface area contributed by atoms with Crippen LogP contribution in [0.5, 0.6) is 0 Å².